The summed E-state index contributed by atoms with van der Waals surface area (Å²) < 4.78 is 31.5. The maximum atomic E-state index is 13.3. The minimum atomic E-state index is -3.69. The normalized spacial score (nSPS) is 28.0. The van der Waals surface area contributed by atoms with Crippen LogP contribution < -0.4 is 0 Å². The van der Waals surface area contributed by atoms with Crippen molar-refractivity contribution in [2.45, 2.75) is 38.9 Å². The van der Waals surface area contributed by atoms with Gasteiger partial charge in [0.1, 0.15) is 5.76 Å². The fourth-order valence-electron chi connectivity index (χ4n) is 5.22. The standard InChI is InChI=1S/C21H32N4O5S/c1-14(2)18-19-16(25(21(18)27)31(4,28)29)7-8-24(19)20(26)17-6-5-15(30-17)13-23-11-9-22(3)10-12-23/h5-6,14,16,18-19H,7-13H2,1-4H3/t16-,18+,19-/m0/s1. The van der Waals surface area contributed by atoms with E-state index in [0.29, 0.717) is 19.5 Å². The quantitative estimate of drug-likeness (QED) is 0.649. The molecule has 2 amide bonds. The number of fused-ring (bicyclic) bond motifs is 1. The molecule has 31 heavy (non-hydrogen) atoms. The second kappa shape index (κ2) is 8.22. The van der Waals surface area contributed by atoms with Gasteiger partial charge in [0.25, 0.3) is 5.91 Å². The Kier molecular flexibility index (Phi) is 5.91. The molecule has 172 valence electrons. The smallest absolute Gasteiger partial charge is 0.289 e. The van der Waals surface area contributed by atoms with Gasteiger partial charge in [0.15, 0.2) is 5.76 Å². The molecule has 0 saturated carbocycles. The van der Waals surface area contributed by atoms with Crippen LogP contribution in [0.3, 0.4) is 0 Å². The first-order valence-corrected chi connectivity index (χ1v) is 12.8. The fraction of sp³-hybridized carbons (Fsp3) is 0.714. The highest BCUT2D eigenvalue weighted by molar-refractivity contribution is 7.88. The molecule has 10 heteroatoms. The zero-order valence-corrected chi connectivity index (χ0v) is 19.5. The van der Waals surface area contributed by atoms with Gasteiger partial charge in [0.05, 0.1) is 30.8 Å². The lowest BCUT2D eigenvalue weighted by atomic mass is 9.88. The topological polar surface area (TPSA) is 94.4 Å². The molecule has 0 unspecified atom stereocenters. The van der Waals surface area contributed by atoms with E-state index in [1.54, 1.807) is 11.0 Å². The molecule has 4 heterocycles. The minimum Gasteiger partial charge on any atom is -0.455 e. The summed E-state index contributed by atoms with van der Waals surface area (Å²) in [5, 5.41) is 0. The van der Waals surface area contributed by atoms with Crippen LogP contribution in [0.4, 0.5) is 0 Å². The third-order valence-corrected chi connectivity index (χ3v) is 7.94. The second-order valence-corrected chi connectivity index (χ2v) is 11.2. The van der Waals surface area contributed by atoms with Crippen LogP contribution >= 0.6 is 0 Å². The average Bonchev–Trinajstić information content (AvgIpc) is 3.36. The first-order chi connectivity index (χ1) is 14.6. The van der Waals surface area contributed by atoms with E-state index in [2.05, 4.69) is 16.8 Å². The molecule has 3 atom stereocenters. The van der Waals surface area contributed by atoms with Crippen molar-refractivity contribution in [3.63, 3.8) is 0 Å². The summed E-state index contributed by atoms with van der Waals surface area (Å²) in [7, 11) is -1.58. The summed E-state index contributed by atoms with van der Waals surface area (Å²) in [6, 6.07) is 2.57. The van der Waals surface area contributed by atoms with Gasteiger partial charge in [-0.3, -0.25) is 14.5 Å². The third kappa shape index (κ3) is 4.12. The number of furan rings is 1. The predicted octanol–water partition coefficient (Wildman–Crippen LogP) is 0.684. The number of carbonyl (C=O) groups is 2. The predicted molar refractivity (Wildman–Crippen MR) is 115 cm³/mol. The zero-order valence-electron chi connectivity index (χ0n) is 18.7. The molecule has 0 spiro atoms. The van der Waals surface area contributed by atoms with Crippen LogP contribution in [0.15, 0.2) is 16.5 Å². The number of carbonyl (C=O) groups excluding carboxylic acids is 2. The van der Waals surface area contributed by atoms with E-state index >= 15 is 0 Å². The SMILES string of the molecule is CC(C)[C@H]1C(=O)N(S(C)(=O)=O)[C@H]2CCN(C(=O)c3ccc(CN4CCN(C)CC4)o3)[C@H]12. The first-order valence-electron chi connectivity index (χ1n) is 10.9. The largest absolute Gasteiger partial charge is 0.455 e. The van der Waals surface area contributed by atoms with Crippen molar-refractivity contribution < 1.29 is 22.4 Å². The van der Waals surface area contributed by atoms with Gasteiger partial charge in [0, 0.05) is 32.7 Å². The molecule has 9 nitrogen and oxygen atoms in total. The summed E-state index contributed by atoms with van der Waals surface area (Å²) in [5.74, 6) is -0.302. The first kappa shape index (κ1) is 22.3. The maximum Gasteiger partial charge on any atom is 0.289 e. The van der Waals surface area contributed by atoms with Crippen molar-refractivity contribution in [3.05, 3.63) is 23.7 Å². The molecule has 3 fully saturated rings. The van der Waals surface area contributed by atoms with Gasteiger partial charge in [-0.1, -0.05) is 13.8 Å². The number of sulfonamides is 1. The van der Waals surface area contributed by atoms with E-state index in [9.17, 15) is 18.0 Å². The highest BCUT2D eigenvalue weighted by Crippen LogP contribution is 2.41. The van der Waals surface area contributed by atoms with Gasteiger partial charge < -0.3 is 14.2 Å². The van der Waals surface area contributed by atoms with Crippen molar-refractivity contribution in [2.75, 3.05) is 46.0 Å². The Morgan fingerprint density at radius 1 is 1.16 bits per heavy atom. The summed E-state index contributed by atoms with van der Waals surface area (Å²) in [4.78, 5) is 32.5. The Morgan fingerprint density at radius 2 is 1.84 bits per heavy atom. The molecule has 3 aliphatic heterocycles. The Balaban J connectivity index is 1.52. The van der Waals surface area contributed by atoms with Gasteiger partial charge in [-0.05, 0) is 31.5 Å². The van der Waals surface area contributed by atoms with Crippen LogP contribution in [0.5, 0.6) is 0 Å². The van der Waals surface area contributed by atoms with E-state index in [-0.39, 0.29) is 17.6 Å². The van der Waals surface area contributed by atoms with Gasteiger partial charge in [0.2, 0.25) is 15.9 Å². The lowest BCUT2D eigenvalue weighted by Crippen LogP contribution is -2.44. The summed E-state index contributed by atoms with van der Waals surface area (Å²) in [5.41, 5.74) is 0. The Labute approximate surface area is 184 Å². The Morgan fingerprint density at radius 3 is 2.45 bits per heavy atom. The molecular formula is C21H32N4O5S. The second-order valence-electron chi connectivity index (χ2n) is 9.36. The van der Waals surface area contributed by atoms with Crippen molar-refractivity contribution in [1.82, 2.24) is 19.0 Å². The monoisotopic (exact) mass is 452 g/mol. The zero-order chi connectivity index (χ0) is 22.5. The third-order valence-electron chi connectivity index (χ3n) is 6.78. The number of likely N-dealkylation sites (tertiary alicyclic amines) is 1. The number of likely N-dealkylation sites (N-methyl/N-ethyl adjacent to an activating group) is 1. The van der Waals surface area contributed by atoms with Crippen molar-refractivity contribution >= 4 is 21.8 Å². The van der Waals surface area contributed by atoms with Crippen molar-refractivity contribution in [2.24, 2.45) is 11.8 Å². The summed E-state index contributed by atoms with van der Waals surface area (Å²) >= 11 is 0. The number of rotatable bonds is 5. The van der Waals surface area contributed by atoms with Crippen LogP contribution in [0, 0.1) is 11.8 Å². The average molecular weight is 453 g/mol. The molecule has 0 aliphatic carbocycles. The molecule has 1 aromatic heterocycles. The van der Waals surface area contributed by atoms with Crippen molar-refractivity contribution in [3.8, 4) is 0 Å². The molecule has 0 N–H and O–H groups in total. The molecule has 0 aromatic carbocycles. The van der Waals surface area contributed by atoms with Crippen LogP contribution in [0.1, 0.15) is 36.6 Å². The fourth-order valence-corrected chi connectivity index (χ4v) is 6.39. The van der Waals surface area contributed by atoms with E-state index in [1.165, 1.54) is 0 Å². The van der Waals surface area contributed by atoms with E-state index in [0.717, 1.165) is 42.5 Å². The molecule has 0 bridgehead atoms. The minimum absolute atomic E-state index is 0.0791. The van der Waals surface area contributed by atoms with Crippen LogP contribution in [0.2, 0.25) is 0 Å². The summed E-state index contributed by atoms with van der Waals surface area (Å²) in [6.45, 7) is 8.77. The molecular weight excluding hydrogens is 420 g/mol. The van der Waals surface area contributed by atoms with Crippen LogP contribution in [-0.2, 0) is 21.4 Å². The van der Waals surface area contributed by atoms with Gasteiger partial charge in [-0.15, -0.1) is 0 Å². The van der Waals surface area contributed by atoms with Crippen LogP contribution in [0.25, 0.3) is 0 Å². The van der Waals surface area contributed by atoms with Crippen molar-refractivity contribution in [1.29, 1.82) is 0 Å². The number of hydrogen-bond acceptors (Lipinski definition) is 7. The van der Waals surface area contributed by atoms with E-state index < -0.39 is 33.9 Å². The van der Waals surface area contributed by atoms with Gasteiger partial charge >= 0.3 is 0 Å². The van der Waals surface area contributed by atoms with E-state index in [1.807, 2.05) is 19.9 Å². The van der Waals surface area contributed by atoms with Gasteiger partial charge in [-0.2, -0.15) is 0 Å². The molecule has 3 saturated heterocycles. The molecule has 3 aliphatic rings. The van der Waals surface area contributed by atoms with Crippen LogP contribution in [-0.4, -0.2) is 97.3 Å². The highest BCUT2D eigenvalue weighted by Gasteiger charge is 2.58. The summed E-state index contributed by atoms with van der Waals surface area (Å²) in [6.07, 6.45) is 1.51. The lowest BCUT2D eigenvalue weighted by Gasteiger charge is -2.31. The van der Waals surface area contributed by atoms with E-state index in [4.69, 9.17) is 4.42 Å². The molecule has 0 radical (unpaired) electrons. The molecule has 1 aromatic rings. The Hall–Kier alpha value is -1.91. The highest BCUT2D eigenvalue weighted by atomic mass is 32.2. The Bertz CT molecular complexity index is 951. The number of amides is 2. The number of hydrogen-bond donors (Lipinski definition) is 0. The molecule has 4 rings (SSSR count). The number of piperazine rings is 1. The maximum absolute atomic E-state index is 13.3. The number of nitrogens with zero attached hydrogens (tertiary/aromatic N) is 4. The van der Waals surface area contributed by atoms with Gasteiger partial charge in [-0.25, -0.2) is 12.7 Å². The lowest BCUT2D eigenvalue weighted by molar-refractivity contribution is -0.129.